The quantitative estimate of drug-likeness (QED) is 0.693. The Hall–Kier alpha value is -0.520. The highest BCUT2D eigenvalue weighted by atomic mass is 32.1. The van der Waals surface area contributed by atoms with Crippen LogP contribution in [-0.2, 0) is 9.13 Å². The van der Waals surface area contributed by atoms with Gasteiger partial charge in [-0.3, -0.25) is 9.13 Å². The standard InChI is InChI=1S/C16H28N4O2P2S/c1-17(2)23(21,18(3)4)15-13-11-9-10-12-14(13)25-16(15)24(22,19(5)6)20(7)8/h9-12H,1-8H3. The van der Waals surface area contributed by atoms with Crippen molar-refractivity contribution in [1.29, 1.82) is 0 Å². The fourth-order valence-electron chi connectivity index (χ4n) is 2.98. The molecule has 9 heteroatoms. The SMILES string of the molecule is CN(C)P(=O)(c1sc2ccccc2c1P(=O)(N(C)C)N(C)C)N(C)C. The Bertz CT molecular complexity index is 837. The van der Waals surface area contributed by atoms with E-state index in [4.69, 9.17) is 0 Å². The molecule has 1 aromatic heterocycles. The molecule has 0 aliphatic carbocycles. The van der Waals surface area contributed by atoms with E-state index >= 15 is 0 Å². The van der Waals surface area contributed by atoms with Gasteiger partial charge in [0.05, 0.1) is 5.30 Å². The second-order valence-electron chi connectivity index (χ2n) is 6.73. The van der Waals surface area contributed by atoms with E-state index in [2.05, 4.69) is 0 Å². The molecule has 0 N–H and O–H groups in total. The first-order valence-corrected chi connectivity index (χ1v) is 12.0. The monoisotopic (exact) mass is 402 g/mol. The molecule has 0 fully saturated rings. The number of rotatable bonds is 6. The van der Waals surface area contributed by atoms with Crippen molar-refractivity contribution in [2.75, 3.05) is 56.4 Å². The van der Waals surface area contributed by atoms with Crippen LogP contribution in [0.5, 0.6) is 0 Å². The highest BCUT2D eigenvalue weighted by Gasteiger charge is 2.43. The second kappa shape index (κ2) is 7.24. The van der Waals surface area contributed by atoms with Gasteiger partial charge >= 0.3 is 0 Å². The summed E-state index contributed by atoms with van der Waals surface area (Å²) in [5, 5.41) is 1.60. The van der Waals surface area contributed by atoms with E-state index in [-0.39, 0.29) is 0 Å². The van der Waals surface area contributed by atoms with Gasteiger partial charge in [-0.2, -0.15) is 0 Å². The third-order valence-electron chi connectivity index (χ3n) is 4.28. The van der Waals surface area contributed by atoms with Gasteiger partial charge in [-0.1, -0.05) is 18.2 Å². The molecule has 25 heavy (non-hydrogen) atoms. The van der Waals surface area contributed by atoms with E-state index in [0.717, 1.165) is 10.1 Å². The molecule has 0 aliphatic heterocycles. The van der Waals surface area contributed by atoms with Gasteiger partial charge in [0.25, 0.3) is 7.44 Å². The molecule has 0 atom stereocenters. The van der Waals surface area contributed by atoms with E-state index in [0.29, 0.717) is 9.92 Å². The van der Waals surface area contributed by atoms with E-state index < -0.39 is 14.9 Å². The van der Waals surface area contributed by atoms with Crippen LogP contribution in [0.4, 0.5) is 0 Å². The van der Waals surface area contributed by atoms with E-state index in [1.54, 1.807) is 18.7 Å². The first-order chi connectivity index (χ1) is 11.5. The lowest BCUT2D eigenvalue weighted by Crippen LogP contribution is -2.39. The Morgan fingerprint density at radius 1 is 0.720 bits per heavy atom. The molecule has 0 bridgehead atoms. The smallest absolute Gasteiger partial charge is 0.255 e. The fourth-order valence-corrected chi connectivity index (χ4v) is 11.0. The second-order valence-corrected chi connectivity index (χ2v) is 14.4. The molecule has 0 saturated heterocycles. The number of nitrogens with zero attached hydrogens (tertiary/aromatic N) is 4. The molecule has 1 aromatic carbocycles. The molecular weight excluding hydrogens is 374 g/mol. The zero-order valence-corrected chi connectivity index (χ0v) is 18.8. The zero-order valence-electron chi connectivity index (χ0n) is 16.2. The summed E-state index contributed by atoms with van der Waals surface area (Å²) in [5.41, 5.74) is 0. The van der Waals surface area contributed by atoms with Gasteiger partial charge in [-0.25, -0.2) is 18.7 Å². The van der Waals surface area contributed by atoms with Crippen LogP contribution >= 0.6 is 26.2 Å². The van der Waals surface area contributed by atoms with Crippen LogP contribution in [-0.4, -0.2) is 75.1 Å². The summed E-state index contributed by atoms with van der Waals surface area (Å²) in [5.74, 6) is 0. The van der Waals surface area contributed by atoms with Gasteiger partial charge in [-0.15, -0.1) is 11.3 Å². The maximum absolute atomic E-state index is 14.1. The average molecular weight is 402 g/mol. The Labute approximate surface area is 155 Å². The summed E-state index contributed by atoms with van der Waals surface area (Å²) in [6, 6.07) is 7.87. The lowest BCUT2D eigenvalue weighted by Gasteiger charge is -2.35. The average Bonchev–Trinajstić information content (AvgIpc) is 2.92. The maximum atomic E-state index is 14.1. The van der Waals surface area contributed by atoms with Crippen LogP contribution in [0.2, 0.25) is 0 Å². The molecule has 0 aliphatic rings. The topological polar surface area (TPSA) is 47.1 Å². The summed E-state index contributed by atoms with van der Waals surface area (Å²) in [7, 11) is 8.38. The third-order valence-corrected chi connectivity index (χ3v) is 12.7. The summed E-state index contributed by atoms with van der Waals surface area (Å²) >= 11 is 1.48. The number of fused-ring (bicyclic) bond motifs is 1. The van der Waals surface area contributed by atoms with Gasteiger partial charge in [0, 0.05) is 10.1 Å². The largest absolute Gasteiger partial charge is 0.283 e. The van der Waals surface area contributed by atoms with Crippen LogP contribution in [0.25, 0.3) is 10.1 Å². The summed E-state index contributed by atoms with van der Waals surface area (Å²) < 4.78 is 36.8. The van der Waals surface area contributed by atoms with Crippen LogP contribution < -0.4 is 9.92 Å². The van der Waals surface area contributed by atoms with Crippen molar-refractivity contribution < 1.29 is 9.13 Å². The minimum Gasteiger partial charge on any atom is -0.283 e. The number of hydrogen-bond donors (Lipinski definition) is 0. The minimum absolute atomic E-state index is 0.689. The molecule has 6 nitrogen and oxygen atoms in total. The fraction of sp³-hybridized carbons (Fsp3) is 0.500. The Morgan fingerprint density at radius 3 is 1.60 bits per heavy atom. The van der Waals surface area contributed by atoms with E-state index in [1.807, 2.05) is 80.6 Å². The van der Waals surface area contributed by atoms with Gasteiger partial charge in [0.2, 0.25) is 7.44 Å². The van der Waals surface area contributed by atoms with Gasteiger partial charge in [0.1, 0.15) is 4.62 Å². The molecule has 1 heterocycles. The molecule has 0 unspecified atom stereocenters. The van der Waals surface area contributed by atoms with Crippen LogP contribution in [0.3, 0.4) is 0 Å². The maximum Gasteiger partial charge on any atom is 0.255 e. The van der Waals surface area contributed by atoms with Gasteiger partial charge < -0.3 is 0 Å². The highest BCUT2D eigenvalue weighted by Crippen LogP contribution is 2.57. The number of hydrogen-bond acceptors (Lipinski definition) is 3. The Morgan fingerprint density at radius 2 is 1.16 bits per heavy atom. The molecule has 0 saturated carbocycles. The first-order valence-electron chi connectivity index (χ1n) is 7.93. The Balaban J connectivity index is 3.02. The van der Waals surface area contributed by atoms with Crippen molar-refractivity contribution in [2.45, 2.75) is 0 Å². The molecule has 2 rings (SSSR count). The van der Waals surface area contributed by atoms with Gasteiger partial charge in [0.15, 0.2) is 0 Å². The molecule has 0 spiro atoms. The minimum atomic E-state index is -3.08. The van der Waals surface area contributed by atoms with Crippen molar-refractivity contribution in [3.8, 4) is 0 Å². The van der Waals surface area contributed by atoms with Crippen LogP contribution in [0.15, 0.2) is 24.3 Å². The highest BCUT2D eigenvalue weighted by molar-refractivity contribution is 7.79. The predicted octanol–water partition coefficient (Wildman–Crippen LogP) is 2.78. The van der Waals surface area contributed by atoms with Crippen LogP contribution in [0.1, 0.15) is 0 Å². The molecule has 2 aromatic rings. The van der Waals surface area contributed by atoms with Crippen molar-refractivity contribution in [2.24, 2.45) is 0 Å². The van der Waals surface area contributed by atoms with Crippen molar-refractivity contribution in [3.05, 3.63) is 24.3 Å². The first kappa shape index (κ1) is 20.8. The van der Waals surface area contributed by atoms with Gasteiger partial charge in [-0.05, 0) is 62.4 Å². The van der Waals surface area contributed by atoms with Crippen LogP contribution in [0, 0.1) is 0 Å². The van der Waals surface area contributed by atoms with Crippen molar-refractivity contribution in [3.63, 3.8) is 0 Å². The molecular formula is C16H28N4O2P2S. The summed E-state index contributed by atoms with van der Waals surface area (Å²) in [4.78, 5) is 0. The lowest BCUT2D eigenvalue weighted by atomic mass is 10.3. The van der Waals surface area contributed by atoms with E-state index in [9.17, 15) is 9.13 Å². The van der Waals surface area contributed by atoms with E-state index in [1.165, 1.54) is 11.3 Å². The third kappa shape index (κ3) is 3.17. The summed E-state index contributed by atoms with van der Waals surface area (Å²) in [6.07, 6.45) is 0. The lowest BCUT2D eigenvalue weighted by molar-refractivity contribution is 0.457. The predicted molar refractivity (Wildman–Crippen MR) is 111 cm³/mol. The Kier molecular flexibility index (Phi) is 6.02. The molecule has 0 radical (unpaired) electrons. The molecule has 0 amide bonds. The molecule has 140 valence electrons. The zero-order chi connectivity index (χ0) is 19.2. The number of benzene rings is 1. The van der Waals surface area contributed by atoms with Crippen molar-refractivity contribution in [1.82, 2.24) is 18.7 Å². The normalized spacial score (nSPS) is 13.8. The summed E-state index contributed by atoms with van der Waals surface area (Å²) in [6.45, 7) is 0. The van der Waals surface area contributed by atoms with Crippen molar-refractivity contribution >= 4 is 46.2 Å². The number of thiophene rings is 1.